The van der Waals surface area contributed by atoms with Gasteiger partial charge in [-0.25, -0.2) is 13.9 Å². The van der Waals surface area contributed by atoms with Crippen LogP contribution < -0.4 is 10.2 Å². The second-order valence-electron chi connectivity index (χ2n) is 8.42. The van der Waals surface area contributed by atoms with E-state index in [-0.39, 0.29) is 18.4 Å². The van der Waals surface area contributed by atoms with Crippen LogP contribution in [0, 0.1) is 34.9 Å². The number of nitriles is 1. The molecule has 11 heteroatoms. The number of carbonyl (C=O) groups is 1. The molecule has 1 N–H and O–H groups in total. The molecule has 3 aliphatic rings. The summed E-state index contributed by atoms with van der Waals surface area (Å²) in [5.41, 5.74) is 1.36. The van der Waals surface area contributed by atoms with E-state index in [1.807, 2.05) is 0 Å². The average molecular weight is 449 g/mol. The predicted octanol–water partition coefficient (Wildman–Crippen LogP) is 2.38. The highest BCUT2D eigenvalue weighted by Crippen LogP contribution is 2.60. The van der Waals surface area contributed by atoms with Gasteiger partial charge in [0, 0.05) is 42.2 Å². The van der Waals surface area contributed by atoms with Crippen LogP contribution in [0.4, 0.5) is 19.3 Å². The fourth-order valence-corrected chi connectivity index (χ4v) is 5.04. The molecule has 0 radical (unpaired) electrons. The molecule has 4 heterocycles. The summed E-state index contributed by atoms with van der Waals surface area (Å²) in [6, 6.07) is 10.4. The largest absolute Gasteiger partial charge is 0.421 e. The molecular weight excluding hydrogens is 432 g/mol. The topological polar surface area (TPSA) is 109 Å². The second-order valence-corrected chi connectivity index (χ2v) is 8.42. The van der Waals surface area contributed by atoms with Crippen molar-refractivity contribution >= 4 is 11.8 Å². The van der Waals surface area contributed by atoms with Crippen molar-refractivity contribution in [2.75, 3.05) is 24.5 Å². The highest BCUT2D eigenvalue weighted by Gasteiger charge is 2.69. The zero-order chi connectivity index (χ0) is 22.7. The van der Waals surface area contributed by atoms with E-state index in [0.717, 1.165) is 29.7 Å². The van der Waals surface area contributed by atoms with Crippen LogP contribution in [0.25, 0.3) is 11.1 Å². The van der Waals surface area contributed by atoms with E-state index in [9.17, 15) is 18.8 Å². The number of hydrogen-bond acceptors (Lipinski definition) is 7. The van der Waals surface area contributed by atoms with Gasteiger partial charge in [-0.3, -0.25) is 9.88 Å². The Labute approximate surface area is 186 Å². The number of pyridine rings is 1. The molecule has 1 amide bonds. The number of anilines is 1. The van der Waals surface area contributed by atoms with Crippen molar-refractivity contribution in [3.8, 4) is 17.2 Å². The standard InChI is InChI=1S/C22H17F2N7O2/c23-17-5-13(30-10-20(33-21(30)32)31-9-19(24)28-29-31)2-3-14(17)12-1-4-18(27-6-12)22(11-25)15-7-26-8-16(15)22/h1-6,9,15-16,20,26H,7-8,10H2/t15-,16+,20?,22?. The normalized spacial score (nSPS) is 27.8. The van der Waals surface area contributed by atoms with Crippen LogP contribution in [-0.2, 0) is 10.2 Å². The number of halogens is 2. The number of aromatic nitrogens is 4. The van der Waals surface area contributed by atoms with E-state index in [2.05, 4.69) is 26.7 Å². The SMILES string of the molecule is N#CC1(c2ccc(-c3ccc(N4CC(n5cc(F)nn5)OC4=O)cc3F)cn2)[C@@H]2CNC[C@@H]21. The van der Waals surface area contributed by atoms with E-state index in [1.54, 1.807) is 30.5 Å². The summed E-state index contributed by atoms with van der Waals surface area (Å²) in [4.78, 5) is 18.0. The number of fused-ring (bicyclic) bond motifs is 1. The van der Waals surface area contributed by atoms with E-state index in [4.69, 9.17) is 4.74 Å². The van der Waals surface area contributed by atoms with E-state index >= 15 is 0 Å². The lowest BCUT2D eigenvalue weighted by molar-refractivity contribution is 0.0921. The fourth-order valence-electron chi connectivity index (χ4n) is 5.04. The van der Waals surface area contributed by atoms with Gasteiger partial charge in [0.2, 0.25) is 6.23 Å². The molecule has 4 atom stereocenters. The van der Waals surface area contributed by atoms with Crippen LogP contribution in [0.1, 0.15) is 11.9 Å². The summed E-state index contributed by atoms with van der Waals surface area (Å²) >= 11 is 0. The van der Waals surface area contributed by atoms with Crippen molar-refractivity contribution in [1.82, 2.24) is 25.3 Å². The monoisotopic (exact) mass is 449 g/mol. The van der Waals surface area contributed by atoms with Crippen LogP contribution >= 0.6 is 0 Å². The maximum Gasteiger partial charge on any atom is 0.416 e. The predicted molar refractivity (Wildman–Crippen MR) is 110 cm³/mol. The number of rotatable bonds is 4. The molecule has 3 aromatic rings. The van der Waals surface area contributed by atoms with Gasteiger partial charge in [-0.05, 0) is 24.3 Å². The first-order valence-corrected chi connectivity index (χ1v) is 10.4. The summed E-state index contributed by atoms with van der Waals surface area (Å²) in [5, 5.41) is 19.8. The Hall–Kier alpha value is -3.91. The molecule has 0 spiro atoms. The maximum absolute atomic E-state index is 15.0. The molecule has 2 aromatic heterocycles. The van der Waals surface area contributed by atoms with Gasteiger partial charge in [0.25, 0.3) is 5.95 Å². The second kappa shape index (κ2) is 7.05. The number of piperidine rings is 1. The Kier molecular flexibility index (Phi) is 4.22. The van der Waals surface area contributed by atoms with Gasteiger partial charge in [0.1, 0.15) is 11.2 Å². The minimum atomic E-state index is -0.862. The first-order chi connectivity index (χ1) is 16.0. The molecule has 33 heavy (non-hydrogen) atoms. The van der Waals surface area contributed by atoms with Crippen LogP contribution in [0.2, 0.25) is 0 Å². The number of carbonyl (C=O) groups excluding carboxylic acids is 1. The Morgan fingerprint density at radius 3 is 2.67 bits per heavy atom. The molecule has 1 saturated carbocycles. The first-order valence-electron chi connectivity index (χ1n) is 10.4. The number of nitrogens with zero attached hydrogens (tertiary/aromatic N) is 6. The quantitative estimate of drug-likeness (QED) is 0.651. The van der Waals surface area contributed by atoms with Gasteiger partial charge in [-0.15, -0.1) is 0 Å². The third kappa shape index (κ3) is 2.91. The lowest BCUT2D eigenvalue weighted by Crippen LogP contribution is -2.25. The van der Waals surface area contributed by atoms with Gasteiger partial charge in [0.05, 0.1) is 30.2 Å². The summed E-state index contributed by atoms with van der Waals surface area (Å²) in [6.07, 6.45) is 1.04. The van der Waals surface area contributed by atoms with Gasteiger partial charge in [-0.1, -0.05) is 16.4 Å². The first kappa shape index (κ1) is 19.8. The fraction of sp³-hybridized carbons (Fsp3) is 0.318. The summed E-state index contributed by atoms with van der Waals surface area (Å²) in [6.45, 7) is 1.65. The van der Waals surface area contributed by atoms with E-state index in [0.29, 0.717) is 16.8 Å². The number of ether oxygens (including phenoxy) is 1. The van der Waals surface area contributed by atoms with E-state index in [1.165, 1.54) is 11.0 Å². The highest BCUT2D eigenvalue weighted by molar-refractivity contribution is 5.90. The third-order valence-electron chi connectivity index (χ3n) is 6.80. The minimum absolute atomic E-state index is 0.0319. The molecular formula is C22H17F2N7O2. The van der Waals surface area contributed by atoms with E-state index < -0.39 is 29.5 Å². The summed E-state index contributed by atoms with van der Waals surface area (Å²) in [7, 11) is 0. The van der Waals surface area contributed by atoms with Crippen molar-refractivity contribution in [3.63, 3.8) is 0 Å². The van der Waals surface area contributed by atoms with Gasteiger partial charge >= 0.3 is 6.09 Å². The van der Waals surface area contributed by atoms with Crippen molar-refractivity contribution in [1.29, 1.82) is 5.26 Å². The third-order valence-corrected chi connectivity index (χ3v) is 6.80. The van der Waals surface area contributed by atoms with Crippen molar-refractivity contribution in [3.05, 3.63) is 60.2 Å². The zero-order valence-electron chi connectivity index (χ0n) is 17.2. The molecule has 166 valence electrons. The maximum atomic E-state index is 15.0. The van der Waals surface area contributed by atoms with Crippen LogP contribution in [0.15, 0.2) is 42.7 Å². The summed E-state index contributed by atoms with van der Waals surface area (Å²) in [5.74, 6) is -0.779. The Bertz CT molecular complexity index is 1290. The number of benzene rings is 1. The molecule has 2 aliphatic heterocycles. The number of nitrogens with one attached hydrogen (secondary N) is 1. The lowest BCUT2D eigenvalue weighted by atomic mass is 9.96. The van der Waals surface area contributed by atoms with Crippen molar-refractivity contribution in [2.45, 2.75) is 11.6 Å². The lowest BCUT2D eigenvalue weighted by Gasteiger charge is -2.15. The molecule has 3 fully saturated rings. The Morgan fingerprint density at radius 2 is 2.03 bits per heavy atom. The Balaban J connectivity index is 1.23. The van der Waals surface area contributed by atoms with Crippen molar-refractivity contribution < 1.29 is 18.3 Å². The van der Waals surface area contributed by atoms with Crippen LogP contribution in [-0.4, -0.2) is 45.7 Å². The number of cyclic esters (lactones) is 1. The van der Waals surface area contributed by atoms with Gasteiger partial charge in [-0.2, -0.15) is 9.65 Å². The van der Waals surface area contributed by atoms with Gasteiger partial charge < -0.3 is 10.1 Å². The number of amides is 1. The molecule has 1 aromatic carbocycles. The molecule has 2 unspecified atom stereocenters. The highest BCUT2D eigenvalue weighted by atomic mass is 19.1. The summed E-state index contributed by atoms with van der Waals surface area (Å²) < 4.78 is 34.4. The average Bonchev–Trinajstić information content (AvgIpc) is 3.30. The molecule has 0 bridgehead atoms. The van der Waals surface area contributed by atoms with Crippen LogP contribution in [0.5, 0.6) is 0 Å². The smallest absolute Gasteiger partial charge is 0.416 e. The molecule has 2 saturated heterocycles. The van der Waals surface area contributed by atoms with Gasteiger partial charge in [0.15, 0.2) is 0 Å². The molecule has 6 rings (SSSR count). The van der Waals surface area contributed by atoms with Crippen molar-refractivity contribution in [2.24, 2.45) is 11.8 Å². The minimum Gasteiger partial charge on any atom is -0.421 e. The van der Waals surface area contributed by atoms with Crippen LogP contribution in [0.3, 0.4) is 0 Å². The number of hydrogen-bond donors (Lipinski definition) is 1. The molecule has 9 nitrogen and oxygen atoms in total. The molecule has 1 aliphatic carbocycles. The Morgan fingerprint density at radius 1 is 1.21 bits per heavy atom. The zero-order valence-corrected chi connectivity index (χ0v) is 17.2.